The molecule has 86 valence electrons. The van der Waals surface area contributed by atoms with Gasteiger partial charge in [0.25, 0.3) is 0 Å². The average molecular weight is 228 g/mol. The van der Waals surface area contributed by atoms with Gasteiger partial charge in [-0.15, -0.1) is 0 Å². The second-order valence-corrected chi connectivity index (χ2v) is 5.73. The maximum Gasteiger partial charge on any atom is 0.224 e. The Bertz CT molecular complexity index is 233. The van der Waals surface area contributed by atoms with Crippen molar-refractivity contribution < 1.29 is 4.79 Å². The molecule has 0 spiro atoms. The van der Waals surface area contributed by atoms with Crippen LogP contribution in [-0.2, 0) is 4.79 Å². The summed E-state index contributed by atoms with van der Waals surface area (Å²) in [5.41, 5.74) is 5.45. The van der Waals surface area contributed by atoms with Gasteiger partial charge in [0.1, 0.15) is 0 Å². The van der Waals surface area contributed by atoms with Gasteiger partial charge in [0.2, 0.25) is 5.91 Å². The van der Waals surface area contributed by atoms with E-state index < -0.39 is 0 Å². The third-order valence-electron chi connectivity index (χ3n) is 3.41. The van der Waals surface area contributed by atoms with E-state index in [2.05, 4.69) is 16.7 Å². The van der Waals surface area contributed by atoms with Crippen LogP contribution in [-0.4, -0.2) is 40.9 Å². The van der Waals surface area contributed by atoms with E-state index in [-0.39, 0.29) is 5.91 Å². The monoisotopic (exact) mass is 228 g/mol. The quantitative estimate of drug-likeness (QED) is 0.773. The van der Waals surface area contributed by atoms with Crippen molar-refractivity contribution >= 4 is 17.7 Å². The summed E-state index contributed by atoms with van der Waals surface area (Å²) in [6.45, 7) is 1.42. The number of thioether (sulfide) groups is 1. The van der Waals surface area contributed by atoms with E-state index in [1.807, 2.05) is 0 Å². The number of hydrogen-bond acceptors (Lipinski definition) is 3. The van der Waals surface area contributed by atoms with Crippen LogP contribution in [0.1, 0.15) is 32.1 Å². The van der Waals surface area contributed by atoms with E-state index >= 15 is 0 Å². The minimum absolute atomic E-state index is 0.273. The number of carbonyl (C=O) groups excluding carboxylic acids is 1. The van der Waals surface area contributed by atoms with Gasteiger partial charge < -0.3 is 10.6 Å². The Balaban J connectivity index is 2.00. The maximum atomic E-state index is 11.9. The van der Waals surface area contributed by atoms with Crippen molar-refractivity contribution in [2.24, 2.45) is 5.73 Å². The molecule has 0 aromatic heterocycles. The predicted molar refractivity (Wildman–Crippen MR) is 63.9 cm³/mol. The van der Waals surface area contributed by atoms with Crippen LogP contribution in [0.3, 0.4) is 0 Å². The molecule has 3 nitrogen and oxygen atoms in total. The molecule has 2 atom stereocenters. The van der Waals surface area contributed by atoms with Gasteiger partial charge >= 0.3 is 0 Å². The lowest BCUT2D eigenvalue weighted by Crippen LogP contribution is -2.51. The molecular formula is C11H20N2OS. The summed E-state index contributed by atoms with van der Waals surface area (Å²) < 4.78 is 0. The van der Waals surface area contributed by atoms with Crippen molar-refractivity contribution in [3.8, 4) is 0 Å². The van der Waals surface area contributed by atoms with Crippen molar-refractivity contribution in [1.82, 2.24) is 4.90 Å². The molecule has 0 aromatic carbocycles. The summed E-state index contributed by atoms with van der Waals surface area (Å²) in [4.78, 5) is 14.0. The fourth-order valence-electron chi connectivity index (χ4n) is 2.67. The van der Waals surface area contributed by atoms with Crippen molar-refractivity contribution in [3.63, 3.8) is 0 Å². The van der Waals surface area contributed by atoms with Gasteiger partial charge in [0, 0.05) is 36.6 Å². The van der Waals surface area contributed by atoms with Crippen LogP contribution in [0.4, 0.5) is 0 Å². The third-order valence-corrected chi connectivity index (χ3v) is 4.81. The summed E-state index contributed by atoms with van der Waals surface area (Å²) in [5.74, 6) is 1.38. The van der Waals surface area contributed by atoms with Crippen molar-refractivity contribution in [1.29, 1.82) is 0 Å². The van der Waals surface area contributed by atoms with Gasteiger partial charge in [0.15, 0.2) is 0 Å². The lowest BCUT2D eigenvalue weighted by Gasteiger charge is -2.43. The number of nitrogens with two attached hydrogens (primary N) is 1. The highest BCUT2D eigenvalue weighted by Crippen LogP contribution is 2.35. The largest absolute Gasteiger partial charge is 0.338 e. The van der Waals surface area contributed by atoms with E-state index in [9.17, 15) is 4.79 Å². The molecule has 1 aliphatic carbocycles. The third kappa shape index (κ3) is 2.48. The molecule has 2 aliphatic rings. The standard InChI is InChI=1S/C11H20N2OS/c12-6-5-11(14)13-7-8-15-10-4-2-1-3-9(10)13/h9-10H,1-8,12H2. The van der Waals surface area contributed by atoms with Crippen LogP contribution in [0, 0.1) is 0 Å². The fraction of sp³-hybridized carbons (Fsp3) is 0.909. The van der Waals surface area contributed by atoms with E-state index in [1.165, 1.54) is 25.7 Å². The minimum atomic E-state index is 0.273. The Morgan fingerprint density at radius 3 is 3.00 bits per heavy atom. The highest BCUT2D eigenvalue weighted by molar-refractivity contribution is 8.00. The summed E-state index contributed by atoms with van der Waals surface area (Å²) in [6.07, 6.45) is 5.64. The highest BCUT2D eigenvalue weighted by Gasteiger charge is 2.35. The number of amides is 1. The summed E-state index contributed by atoms with van der Waals surface area (Å²) in [6, 6.07) is 0.511. The van der Waals surface area contributed by atoms with Gasteiger partial charge in [0.05, 0.1) is 0 Å². The Hall–Kier alpha value is -0.220. The molecule has 2 fully saturated rings. The van der Waals surface area contributed by atoms with E-state index in [4.69, 9.17) is 5.73 Å². The summed E-state index contributed by atoms with van der Waals surface area (Å²) in [5, 5.41) is 0.703. The van der Waals surface area contributed by atoms with Crippen LogP contribution < -0.4 is 5.73 Å². The number of nitrogens with zero attached hydrogens (tertiary/aromatic N) is 1. The lowest BCUT2D eigenvalue weighted by atomic mass is 9.93. The maximum absolute atomic E-state index is 11.9. The zero-order chi connectivity index (χ0) is 10.7. The fourth-order valence-corrected chi connectivity index (χ4v) is 4.12. The molecule has 0 aromatic rings. The summed E-state index contributed by atoms with van der Waals surface area (Å²) in [7, 11) is 0. The molecule has 1 saturated heterocycles. The SMILES string of the molecule is NCCC(=O)N1CCSC2CCCCC21. The van der Waals surface area contributed by atoms with Crippen molar-refractivity contribution in [2.45, 2.75) is 43.4 Å². The topological polar surface area (TPSA) is 46.3 Å². The normalized spacial score (nSPS) is 31.1. The molecule has 4 heteroatoms. The molecule has 15 heavy (non-hydrogen) atoms. The first-order valence-corrected chi connectivity index (χ1v) is 6.99. The molecule has 1 aliphatic heterocycles. The van der Waals surface area contributed by atoms with Crippen LogP contribution in [0.5, 0.6) is 0 Å². The second-order valence-electron chi connectivity index (χ2n) is 4.39. The van der Waals surface area contributed by atoms with E-state index in [0.29, 0.717) is 24.3 Å². The zero-order valence-electron chi connectivity index (χ0n) is 9.15. The molecule has 1 saturated carbocycles. The van der Waals surface area contributed by atoms with E-state index in [0.717, 1.165) is 12.3 Å². The predicted octanol–water partition coefficient (Wildman–Crippen LogP) is 1.22. The van der Waals surface area contributed by atoms with Crippen molar-refractivity contribution in [3.05, 3.63) is 0 Å². The van der Waals surface area contributed by atoms with Crippen LogP contribution in [0.2, 0.25) is 0 Å². The molecule has 2 N–H and O–H groups in total. The van der Waals surface area contributed by atoms with Crippen LogP contribution in [0.15, 0.2) is 0 Å². The van der Waals surface area contributed by atoms with Crippen LogP contribution >= 0.6 is 11.8 Å². The summed E-state index contributed by atoms with van der Waals surface area (Å²) >= 11 is 2.06. The first-order valence-electron chi connectivity index (χ1n) is 5.94. The second kappa shape index (κ2) is 5.21. The first kappa shape index (κ1) is 11.3. The molecule has 1 amide bonds. The van der Waals surface area contributed by atoms with Gasteiger partial charge in [-0.1, -0.05) is 12.8 Å². The number of fused-ring (bicyclic) bond motifs is 1. The number of hydrogen-bond donors (Lipinski definition) is 1. The number of carbonyl (C=O) groups is 1. The van der Waals surface area contributed by atoms with E-state index in [1.54, 1.807) is 0 Å². The van der Waals surface area contributed by atoms with Gasteiger partial charge in [-0.2, -0.15) is 11.8 Å². The van der Waals surface area contributed by atoms with Crippen molar-refractivity contribution in [2.75, 3.05) is 18.8 Å². The molecule has 2 rings (SSSR count). The Morgan fingerprint density at radius 2 is 2.20 bits per heavy atom. The average Bonchev–Trinajstić information content (AvgIpc) is 2.28. The zero-order valence-corrected chi connectivity index (χ0v) is 9.97. The van der Waals surface area contributed by atoms with Crippen LogP contribution in [0.25, 0.3) is 0 Å². The Kier molecular flexibility index (Phi) is 3.92. The molecule has 0 bridgehead atoms. The smallest absolute Gasteiger partial charge is 0.224 e. The Labute approximate surface area is 95.8 Å². The molecule has 2 unspecified atom stereocenters. The highest BCUT2D eigenvalue weighted by atomic mass is 32.2. The lowest BCUT2D eigenvalue weighted by molar-refractivity contribution is -0.133. The minimum Gasteiger partial charge on any atom is -0.338 e. The number of rotatable bonds is 2. The molecule has 1 heterocycles. The van der Waals surface area contributed by atoms with Gasteiger partial charge in [-0.25, -0.2) is 0 Å². The Morgan fingerprint density at radius 1 is 1.40 bits per heavy atom. The van der Waals surface area contributed by atoms with Gasteiger partial charge in [-0.05, 0) is 12.8 Å². The first-order chi connectivity index (χ1) is 7.33. The molecule has 0 radical (unpaired) electrons. The van der Waals surface area contributed by atoms with Gasteiger partial charge in [-0.3, -0.25) is 4.79 Å². The molecular weight excluding hydrogens is 208 g/mol.